The Morgan fingerprint density at radius 2 is 1.60 bits per heavy atom. The van der Waals surface area contributed by atoms with Crippen LogP contribution in [0.4, 0.5) is 0 Å². The maximum absolute atomic E-state index is 10.8. The summed E-state index contributed by atoms with van der Waals surface area (Å²) in [4.78, 5) is 10.8. The SMILES string of the molecule is Cc1c(CCC(=O)O)ccc(CCC2=C(C3CCCC3)CCC2)c1C. The molecule has 0 bridgehead atoms. The Labute approximate surface area is 152 Å². The first-order chi connectivity index (χ1) is 12.1. The first-order valence-electron chi connectivity index (χ1n) is 10.1. The lowest BCUT2D eigenvalue weighted by atomic mass is 9.89. The highest BCUT2D eigenvalue weighted by atomic mass is 16.4. The van der Waals surface area contributed by atoms with Crippen molar-refractivity contribution in [2.24, 2.45) is 5.92 Å². The van der Waals surface area contributed by atoms with Crippen LogP contribution in [0.3, 0.4) is 0 Å². The van der Waals surface area contributed by atoms with Gasteiger partial charge in [0.2, 0.25) is 0 Å². The molecule has 0 atom stereocenters. The summed E-state index contributed by atoms with van der Waals surface area (Å²) >= 11 is 0. The lowest BCUT2D eigenvalue weighted by Crippen LogP contribution is -2.03. The summed E-state index contributed by atoms with van der Waals surface area (Å²) in [6.45, 7) is 4.35. The van der Waals surface area contributed by atoms with E-state index in [1.54, 1.807) is 5.57 Å². The van der Waals surface area contributed by atoms with Gasteiger partial charge in [0.05, 0.1) is 0 Å². The smallest absolute Gasteiger partial charge is 0.303 e. The number of hydrogen-bond donors (Lipinski definition) is 1. The number of aryl methyl sites for hydroxylation is 2. The van der Waals surface area contributed by atoms with Gasteiger partial charge in [0.25, 0.3) is 0 Å². The van der Waals surface area contributed by atoms with Crippen LogP contribution in [0.15, 0.2) is 23.3 Å². The molecule has 3 rings (SSSR count). The molecule has 25 heavy (non-hydrogen) atoms. The molecule has 0 saturated heterocycles. The van der Waals surface area contributed by atoms with E-state index >= 15 is 0 Å². The molecule has 0 unspecified atom stereocenters. The lowest BCUT2D eigenvalue weighted by molar-refractivity contribution is -0.136. The molecular weight excluding hydrogens is 308 g/mol. The molecule has 2 aliphatic carbocycles. The molecule has 0 spiro atoms. The fourth-order valence-corrected chi connectivity index (χ4v) is 4.88. The number of benzene rings is 1. The normalized spacial score (nSPS) is 18.3. The van der Waals surface area contributed by atoms with Gasteiger partial charge >= 0.3 is 5.97 Å². The molecule has 2 nitrogen and oxygen atoms in total. The Hall–Kier alpha value is -1.57. The second kappa shape index (κ2) is 8.21. The molecule has 1 fully saturated rings. The van der Waals surface area contributed by atoms with Crippen LogP contribution in [0.1, 0.15) is 80.0 Å². The van der Waals surface area contributed by atoms with E-state index in [4.69, 9.17) is 5.11 Å². The number of carbonyl (C=O) groups is 1. The fraction of sp³-hybridized carbons (Fsp3) is 0.609. The largest absolute Gasteiger partial charge is 0.481 e. The van der Waals surface area contributed by atoms with Crippen LogP contribution in [0.5, 0.6) is 0 Å². The Balaban J connectivity index is 1.67. The van der Waals surface area contributed by atoms with Crippen LogP contribution in [0, 0.1) is 19.8 Å². The summed E-state index contributed by atoms with van der Waals surface area (Å²) in [5.41, 5.74) is 8.88. The Morgan fingerprint density at radius 1 is 0.960 bits per heavy atom. The maximum Gasteiger partial charge on any atom is 0.303 e. The van der Waals surface area contributed by atoms with Gasteiger partial charge < -0.3 is 5.11 Å². The van der Waals surface area contributed by atoms with Gasteiger partial charge in [0.1, 0.15) is 0 Å². The van der Waals surface area contributed by atoms with Crippen LogP contribution in [0.2, 0.25) is 0 Å². The number of rotatable bonds is 7. The van der Waals surface area contributed by atoms with E-state index < -0.39 is 5.97 Å². The predicted octanol–water partition coefficient (Wildman–Crippen LogP) is 5.92. The topological polar surface area (TPSA) is 37.3 Å². The van der Waals surface area contributed by atoms with E-state index in [0.29, 0.717) is 6.42 Å². The maximum atomic E-state index is 10.8. The average Bonchev–Trinajstić information content (AvgIpc) is 3.25. The van der Waals surface area contributed by atoms with Crippen molar-refractivity contribution >= 4 is 5.97 Å². The van der Waals surface area contributed by atoms with Crippen molar-refractivity contribution in [3.05, 3.63) is 45.5 Å². The zero-order chi connectivity index (χ0) is 17.8. The van der Waals surface area contributed by atoms with Crippen molar-refractivity contribution in [1.29, 1.82) is 0 Å². The molecule has 0 heterocycles. The van der Waals surface area contributed by atoms with Crippen LogP contribution in [-0.2, 0) is 17.6 Å². The van der Waals surface area contributed by atoms with Gasteiger partial charge in [-0.2, -0.15) is 0 Å². The summed E-state index contributed by atoms with van der Waals surface area (Å²) < 4.78 is 0. The van der Waals surface area contributed by atoms with Gasteiger partial charge in [0.15, 0.2) is 0 Å². The summed E-state index contributed by atoms with van der Waals surface area (Å²) in [5, 5.41) is 8.90. The van der Waals surface area contributed by atoms with Crippen LogP contribution < -0.4 is 0 Å². The van der Waals surface area contributed by atoms with Crippen LogP contribution in [-0.4, -0.2) is 11.1 Å². The monoisotopic (exact) mass is 340 g/mol. The average molecular weight is 341 g/mol. The minimum atomic E-state index is -0.714. The zero-order valence-corrected chi connectivity index (χ0v) is 15.9. The molecule has 1 N–H and O–H groups in total. The van der Waals surface area contributed by atoms with E-state index in [1.165, 1.54) is 73.6 Å². The molecule has 0 aromatic heterocycles. The lowest BCUT2D eigenvalue weighted by Gasteiger charge is -2.16. The van der Waals surface area contributed by atoms with Gasteiger partial charge in [-0.3, -0.25) is 4.79 Å². The van der Waals surface area contributed by atoms with E-state index in [0.717, 1.165) is 12.3 Å². The van der Waals surface area contributed by atoms with Gasteiger partial charge in [0, 0.05) is 6.42 Å². The van der Waals surface area contributed by atoms with E-state index in [9.17, 15) is 4.79 Å². The zero-order valence-electron chi connectivity index (χ0n) is 15.9. The second-order valence-corrected chi connectivity index (χ2v) is 7.99. The number of allylic oxidation sites excluding steroid dienone is 2. The van der Waals surface area contributed by atoms with Crippen molar-refractivity contribution in [1.82, 2.24) is 0 Å². The third kappa shape index (κ3) is 4.34. The van der Waals surface area contributed by atoms with Crippen LogP contribution in [0.25, 0.3) is 0 Å². The number of carboxylic acids is 1. The van der Waals surface area contributed by atoms with Crippen molar-refractivity contribution in [3.63, 3.8) is 0 Å². The fourth-order valence-electron chi connectivity index (χ4n) is 4.88. The first kappa shape index (κ1) is 18.2. The molecule has 1 aromatic rings. The van der Waals surface area contributed by atoms with E-state index in [2.05, 4.69) is 26.0 Å². The summed E-state index contributed by atoms with van der Waals surface area (Å²) in [6.07, 6.45) is 13.0. The molecule has 2 aliphatic rings. The van der Waals surface area contributed by atoms with Crippen molar-refractivity contribution in [3.8, 4) is 0 Å². The van der Waals surface area contributed by atoms with Gasteiger partial charge in [-0.25, -0.2) is 0 Å². The second-order valence-electron chi connectivity index (χ2n) is 7.99. The highest BCUT2D eigenvalue weighted by molar-refractivity contribution is 5.67. The third-order valence-corrected chi connectivity index (χ3v) is 6.54. The van der Waals surface area contributed by atoms with E-state index in [1.807, 2.05) is 5.57 Å². The van der Waals surface area contributed by atoms with Gasteiger partial charge in [-0.1, -0.05) is 36.1 Å². The standard InChI is InChI=1S/C23H32O2/c1-16-17(2)19(14-15-23(24)25)11-10-18(16)12-13-21-8-5-9-22(21)20-6-3-4-7-20/h10-11,20H,3-9,12-15H2,1-2H3,(H,24,25). The van der Waals surface area contributed by atoms with Crippen LogP contribution >= 0.6 is 0 Å². The predicted molar refractivity (Wildman–Crippen MR) is 103 cm³/mol. The minimum Gasteiger partial charge on any atom is -0.481 e. The van der Waals surface area contributed by atoms with Crippen molar-refractivity contribution in [2.75, 3.05) is 0 Å². The van der Waals surface area contributed by atoms with E-state index in [-0.39, 0.29) is 6.42 Å². The summed E-state index contributed by atoms with van der Waals surface area (Å²) in [6, 6.07) is 4.39. The highest BCUT2D eigenvalue weighted by Crippen LogP contribution is 2.41. The first-order valence-corrected chi connectivity index (χ1v) is 10.1. The molecule has 0 aliphatic heterocycles. The minimum absolute atomic E-state index is 0.220. The van der Waals surface area contributed by atoms with Gasteiger partial charge in [-0.05, 0) is 93.4 Å². The summed E-state index contributed by atoms with van der Waals surface area (Å²) in [7, 11) is 0. The molecule has 1 aromatic carbocycles. The van der Waals surface area contributed by atoms with Crippen molar-refractivity contribution < 1.29 is 9.90 Å². The highest BCUT2D eigenvalue weighted by Gasteiger charge is 2.25. The van der Waals surface area contributed by atoms with Crippen molar-refractivity contribution in [2.45, 2.75) is 84.5 Å². The molecule has 1 saturated carbocycles. The molecule has 0 radical (unpaired) electrons. The number of hydrogen-bond acceptors (Lipinski definition) is 1. The molecular formula is C23H32O2. The Morgan fingerprint density at radius 3 is 2.24 bits per heavy atom. The molecule has 0 amide bonds. The van der Waals surface area contributed by atoms with Gasteiger partial charge in [-0.15, -0.1) is 0 Å². The third-order valence-electron chi connectivity index (χ3n) is 6.54. The molecule has 2 heteroatoms. The number of carboxylic acid groups (broad SMARTS) is 1. The number of aliphatic carboxylic acids is 1. The Kier molecular flexibility index (Phi) is 5.98. The summed E-state index contributed by atoms with van der Waals surface area (Å²) in [5.74, 6) is 0.187. The molecule has 136 valence electrons. The quantitative estimate of drug-likeness (QED) is 0.625. The Bertz CT molecular complexity index is 663.